The molecule has 0 amide bonds. The van der Waals surface area contributed by atoms with Gasteiger partial charge in [-0.25, -0.2) is 9.97 Å². The monoisotopic (exact) mass is 136 g/mol. The van der Waals surface area contributed by atoms with Crippen LogP contribution in [0.5, 0.6) is 0 Å². The SMILES string of the molecule is OCC=Cc1ncccn1. The van der Waals surface area contributed by atoms with Gasteiger partial charge >= 0.3 is 0 Å². The van der Waals surface area contributed by atoms with Crippen molar-refractivity contribution in [3.63, 3.8) is 0 Å². The maximum Gasteiger partial charge on any atom is 0.151 e. The van der Waals surface area contributed by atoms with Crippen LogP contribution in [-0.4, -0.2) is 21.7 Å². The Bertz CT molecular complexity index is 208. The molecular formula is C7H8N2O. The van der Waals surface area contributed by atoms with Gasteiger partial charge in [0.15, 0.2) is 5.82 Å². The number of hydrogen-bond donors (Lipinski definition) is 1. The van der Waals surface area contributed by atoms with E-state index in [9.17, 15) is 0 Å². The third kappa shape index (κ3) is 1.95. The lowest BCUT2D eigenvalue weighted by Crippen LogP contribution is -1.83. The second-order valence-electron chi connectivity index (χ2n) is 1.69. The molecule has 0 spiro atoms. The number of rotatable bonds is 2. The van der Waals surface area contributed by atoms with Crippen LogP contribution in [0.2, 0.25) is 0 Å². The van der Waals surface area contributed by atoms with Crippen molar-refractivity contribution >= 4 is 6.08 Å². The third-order valence-electron chi connectivity index (χ3n) is 0.958. The molecule has 3 nitrogen and oxygen atoms in total. The standard InChI is InChI=1S/C7H8N2O/c10-6-1-3-7-8-4-2-5-9-7/h1-5,10H,6H2. The van der Waals surface area contributed by atoms with E-state index in [1.807, 2.05) is 0 Å². The van der Waals surface area contributed by atoms with Crippen LogP contribution in [0.1, 0.15) is 5.82 Å². The highest BCUT2D eigenvalue weighted by molar-refractivity contribution is 5.38. The Labute approximate surface area is 59.1 Å². The van der Waals surface area contributed by atoms with Gasteiger partial charge in [0.05, 0.1) is 6.61 Å². The van der Waals surface area contributed by atoms with Crippen LogP contribution >= 0.6 is 0 Å². The average Bonchev–Trinajstić information content (AvgIpc) is 2.03. The highest BCUT2D eigenvalue weighted by Crippen LogP contribution is 1.89. The number of aliphatic hydroxyl groups is 1. The first-order chi connectivity index (χ1) is 4.93. The summed E-state index contributed by atoms with van der Waals surface area (Å²) in [5.74, 6) is 0.622. The Balaban J connectivity index is 2.67. The highest BCUT2D eigenvalue weighted by Gasteiger charge is 1.82. The maximum atomic E-state index is 8.39. The molecule has 3 heteroatoms. The molecule has 0 unspecified atom stereocenters. The molecule has 0 fully saturated rings. The average molecular weight is 136 g/mol. The van der Waals surface area contributed by atoms with Crippen molar-refractivity contribution in [1.82, 2.24) is 9.97 Å². The summed E-state index contributed by atoms with van der Waals surface area (Å²) in [6.07, 6.45) is 6.57. The molecule has 0 aliphatic heterocycles. The number of hydrogen-bond acceptors (Lipinski definition) is 3. The van der Waals surface area contributed by atoms with Crippen LogP contribution in [0.4, 0.5) is 0 Å². The van der Waals surface area contributed by atoms with E-state index in [0.717, 1.165) is 0 Å². The summed E-state index contributed by atoms with van der Waals surface area (Å²) in [7, 11) is 0. The maximum absolute atomic E-state index is 8.39. The second kappa shape index (κ2) is 3.74. The van der Waals surface area contributed by atoms with Crippen molar-refractivity contribution in [2.45, 2.75) is 0 Å². The van der Waals surface area contributed by atoms with Crippen LogP contribution in [0.3, 0.4) is 0 Å². The summed E-state index contributed by atoms with van der Waals surface area (Å²) >= 11 is 0. The van der Waals surface area contributed by atoms with E-state index in [1.165, 1.54) is 0 Å². The van der Waals surface area contributed by atoms with Crippen molar-refractivity contribution in [3.05, 3.63) is 30.4 Å². The number of nitrogens with zero attached hydrogens (tertiary/aromatic N) is 2. The normalized spacial score (nSPS) is 10.5. The van der Waals surface area contributed by atoms with Crippen molar-refractivity contribution in [2.75, 3.05) is 6.61 Å². The van der Waals surface area contributed by atoms with Crippen molar-refractivity contribution in [3.8, 4) is 0 Å². The fraction of sp³-hybridized carbons (Fsp3) is 0.143. The zero-order valence-electron chi connectivity index (χ0n) is 5.44. The molecule has 0 aromatic carbocycles. The topological polar surface area (TPSA) is 46.0 Å². The second-order valence-corrected chi connectivity index (χ2v) is 1.69. The molecule has 0 aliphatic carbocycles. The van der Waals surface area contributed by atoms with Crippen LogP contribution in [-0.2, 0) is 0 Å². The van der Waals surface area contributed by atoms with Gasteiger partial charge in [-0.1, -0.05) is 6.08 Å². The van der Waals surface area contributed by atoms with Gasteiger partial charge in [-0.15, -0.1) is 0 Å². The van der Waals surface area contributed by atoms with Gasteiger partial charge in [-0.05, 0) is 12.1 Å². The predicted molar refractivity (Wildman–Crippen MR) is 38.2 cm³/mol. The van der Waals surface area contributed by atoms with Gasteiger partial charge in [0.2, 0.25) is 0 Å². The van der Waals surface area contributed by atoms with E-state index >= 15 is 0 Å². The minimum atomic E-state index is 0.0260. The molecule has 1 N–H and O–H groups in total. The molecule has 0 radical (unpaired) electrons. The Morgan fingerprint density at radius 3 is 2.70 bits per heavy atom. The highest BCUT2D eigenvalue weighted by atomic mass is 16.2. The van der Waals surface area contributed by atoms with Gasteiger partial charge in [0.25, 0.3) is 0 Å². The Morgan fingerprint density at radius 2 is 2.10 bits per heavy atom. The van der Waals surface area contributed by atoms with Crippen LogP contribution in [0.15, 0.2) is 24.5 Å². The molecule has 0 aliphatic rings. The van der Waals surface area contributed by atoms with Crippen LogP contribution < -0.4 is 0 Å². The first kappa shape index (κ1) is 6.89. The molecule has 1 heterocycles. The minimum absolute atomic E-state index is 0.0260. The molecule has 0 atom stereocenters. The molecule has 0 saturated carbocycles. The summed E-state index contributed by atoms with van der Waals surface area (Å²) in [6, 6.07) is 1.75. The molecule has 1 aromatic rings. The molecule has 1 rings (SSSR count). The smallest absolute Gasteiger partial charge is 0.151 e. The number of aliphatic hydroxyl groups excluding tert-OH is 1. The quantitative estimate of drug-likeness (QED) is 0.643. The summed E-state index contributed by atoms with van der Waals surface area (Å²) in [5, 5.41) is 8.39. The van der Waals surface area contributed by atoms with Gasteiger partial charge < -0.3 is 5.11 Å². The van der Waals surface area contributed by atoms with Crippen molar-refractivity contribution in [2.24, 2.45) is 0 Å². The molecular weight excluding hydrogens is 128 g/mol. The summed E-state index contributed by atoms with van der Waals surface area (Å²) in [4.78, 5) is 7.81. The summed E-state index contributed by atoms with van der Waals surface area (Å²) in [5.41, 5.74) is 0. The largest absolute Gasteiger partial charge is 0.392 e. The Kier molecular flexibility index (Phi) is 2.58. The van der Waals surface area contributed by atoms with E-state index in [0.29, 0.717) is 5.82 Å². The van der Waals surface area contributed by atoms with Crippen LogP contribution in [0.25, 0.3) is 6.08 Å². The van der Waals surface area contributed by atoms with Crippen molar-refractivity contribution < 1.29 is 5.11 Å². The van der Waals surface area contributed by atoms with Gasteiger partial charge in [0, 0.05) is 12.4 Å². The predicted octanol–water partition coefficient (Wildman–Crippen LogP) is 0.482. The first-order valence-corrected chi connectivity index (χ1v) is 2.98. The lowest BCUT2D eigenvalue weighted by molar-refractivity contribution is 0.343. The molecule has 10 heavy (non-hydrogen) atoms. The minimum Gasteiger partial charge on any atom is -0.392 e. The first-order valence-electron chi connectivity index (χ1n) is 2.98. The molecule has 1 aromatic heterocycles. The van der Waals surface area contributed by atoms with Crippen molar-refractivity contribution in [1.29, 1.82) is 0 Å². The fourth-order valence-corrected chi connectivity index (χ4v) is 0.555. The lowest BCUT2D eigenvalue weighted by Gasteiger charge is -1.86. The molecule has 0 saturated heterocycles. The van der Waals surface area contributed by atoms with E-state index in [4.69, 9.17) is 5.11 Å². The van der Waals surface area contributed by atoms with Gasteiger partial charge in [-0.2, -0.15) is 0 Å². The summed E-state index contributed by atoms with van der Waals surface area (Å²) < 4.78 is 0. The van der Waals surface area contributed by atoms with Gasteiger partial charge in [0.1, 0.15) is 0 Å². The van der Waals surface area contributed by atoms with E-state index in [-0.39, 0.29) is 6.61 Å². The fourth-order valence-electron chi connectivity index (χ4n) is 0.555. The number of aromatic nitrogens is 2. The van der Waals surface area contributed by atoms with E-state index < -0.39 is 0 Å². The van der Waals surface area contributed by atoms with Gasteiger partial charge in [-0.3, -0.25) is 0 Å². The zero-order chi connectivity index (χ0) is 7.23. The van der Waals surface area contributed by atoms with Crippen LogP contribution in [0, 0.1) is 0 Å². The van der Waals surface area contributed by atoms with E-state index in [1.54, 1.807) is 30.6 Å². The van der Waals surface area contributed by atoms with E-state index in [2.05, 4.69) is 9.97 Å². The summed E-state index contributed by atoms with van der Waals surface area (Å²) in [6.45, 7) is 0.0260. The Hall–Kier alpha value is -1.22. The third-order valence-corrected chi connectivity index (χ3v) is 0.958. The Morgan fingerprint density at radius 1 is 1.40 bits per heavy atom. The zero-order valence-corrected chi connectivity index (χ0v) is 5.44. The molecule has 52 valence electrons. The lowest BCUT2D eigenvalue weighted by atomic mass is 10.5. The molecule has 0 bridgehead atoms.